The Morgan fingerprint density at radius 2 is 1.82 bits per heavy atom. The van der Waals surface area contributed by atoms with Crippen molar-refractivity contribution in [2.24, 2.45) is 24.3 Å². The van der Waals surface area contributed by atoms with Crippen LogP contribution in [0.15, 0.2) is 66.1 Å². The van der Waals surface area contributed by atoms with E-state index in [1.807, 2.05) is 25.5 Å². The second-order valence-corrected chi connectivity index (χ2v) is 12.0. The maximum atomic E-state index is 13.6. The summed E-state index contributed by atoms with van der Waals surface area (Å²) in [7, 11) is -1.93. The summed E-state index contributed by atoms with van der Waals surface area (Å²) in [5.74, 6) is 1.66. The number of benzene rings is 1. The zero-order valence-electron chi connectivity index (χ0n) is 20.4. The fraction of sp³-hybridized carbons (Fsp3) is 0.407. The molecule has 1 aliphatic rings. The molecule has 0 radical (unpaired) electrons. The van der Waals surface area contributed by atoms with Crippen LogP contribution in [-0.4, -0.2) is 27.2 Å². The van der Waals surface area contributed by atoms with Crippen molar-refractivity contribution in [3.63, 3.8) is 0 Å². The first-order valence-corrected chi connectivity index (χ1v) is 13.4. The van der Waals surface area contributed by atoms with Crippen molar-refractivity contribution in [2.75, 3.05) is 0 Å². The highest BCUT2D eigenvalue weighted by molar-refractivity contribution is 7.90. The summed E-state index contributed by atoms with van der Waals surface area (Å²) >= 11 is 0. The monoisotopic (exact) mass is 476 g/mol. The smallest absolute Gasteiger partial charge is 0.269 e. The van der Waals surface area contributed by atoms with Crippen LogP contribution in [0.2, 0.25) is 0 Å². The highest BCUT2D eigenvalue weighted by Gasteiger charge is 2.57. The summed E-state index contributed by atoms with van der Waals surface area (Å²) in [6, 6.07) is 10.7. The van der Waals surface area contributed by atoms with Gasteiger partial charge >= 0.3 is 0 Å². The standard InChI is InChI=1S/C27H32N4O2S/c1-6-10-22(25-18(2)27(25,3)4)19-13-23-24(20-15-29-30(5)16-20)17-31(26(23)28-14-19)34(32,33)21-11-8-7-9-12-21/h7-9,11-18,22,25H,6,10H2,1-5H3. The SMILES string of the molecule is CCCC(c1cnc2c(c1)c(-c1cnn(C)c1)cn2S(=O)(=O)c1ccccc1)C1C(C)C1(C)C. The molecule has 0 bridgehead atoms. The zero-order valence-corrected chi connectivity index (χ0v) is 21.2. The van der Waals surface area contributed by atoms with Crippen molar-refractivity contribution < 1.29 is 8.42 Å². The van der Waals surface area contributed by atoms with Crippen LogP contribution in [-0.2, 0) is 17.1 Å². The minimum absolute atomic E-state index is 0.243. The quantitative estimate of drug-likeness (QED) is 0.335. The number of nitrogens with zero attached hydrogens (tertiary/aromatic N) is 4. The van der Waals surface area contributed by atoms with E-state index in [4.69, 9.17) is 4.98 Å². The molecule has 4 aromatic rings. The van der Waals surface area contributed by atoms with Gasteiger partial charge in [-0.15, -0.1) is 0 Å². The minimum atomic E-state index is -3.79. The molecule has 1 aromatic carbocycles. The molecular weight excluding hydrogens is 444 g/mol. The molecule has 7 heteroatoms. The van der Waals surface area contributed by atoms with Crippen LogP contribution in [0.1, 0.15) is 52.0 Å². The summed E-state index contributed by atoms with van der Waals surface area (Å²) < 4.78 is 30.2. The summed E-state index contributed by atoms with van der Waals surface area (Å²) in [4.78, 5) is 5.01. The van der Waals surface area contributed by atoms with Crippen molar-refractivity contribution in [1.82, 2.24) is 18.7 Å². The molecule has 0 spiro atoms. The van der Waals surface area contributed by atoms with Gasteiger partial charge in [-0.25, -0.2) is 17.4 Å². The van der Waals surface area contributed by atoms with Crippen molar-refractivity contribution in [3.8, 4) is 11.1 Å². The van der Waals surface area contributed by atoms with Crippen LogP contribution >= 0.6 is 0 Å². The summed E-state index contributed by atoms with van der Waals surface area (Å²) in [6.45, 7) is 9.26. The molecular formula is C27H32N4O2S. The van der Waals surface area contributed by atoms with Crippen LogP contribution in [0, 0.1) is 17.3 Å². The number of rotatable bonds is 7. The van der Waals surface area contributed by atoms with E-state index in [0.717, 1.165) is 29.4 Å². The van der Waals surface area contributed by atoms with E-state index in [9.17, 15) is 8.42 Å². The van der Waals surface area contributed by atoms with Gasteiger partial charge in [-0.1, -0.05) is 52.3 Å². The lowest BCUT2D eigenvalue weighted by Gasteiger charge is -2.19. The third kappa shape index (κ3) is 3.57. The largest absolute Gasteiger partial charge is 0.275 e. The van der Waals surface area contributed by atoms with Gasteiger partial charge in [0.05, 0.1) is 11.1 Å². The Morgan fingerprint density at radius 1 is 1.12 bits per heavy atom. The van der Waals surface area contributed by atoms with Crippen LogP contribution in [0.5, 0.6) is 0 Å². The molecule has 6 nitrogen and oxygen atoms in total. The van der Waals surface area contributed by atoms with Gasteiger partial charge in [-0.3, -0.25) is 4.68 Å². The van der Waals surface area contributed by atoms with E-state index >= 15 is 0 Å². The average Bonchev–Trinajstić information content (AvgIpc) is 3.18. The Balaban J connectivity index is 1.71. The molecule has 1 aliphatic carbocycles. The van der Waals surface area contributed by atoms with Crippen molar-refractivity contribution in [3.05, 3.63) is 66.7 Å². The van der Waals surface area contributed by atoms with Gasteiger partial charge in [0, 0.05) is 42.2 Å². The van der Waals surface area contributed by atoms with E-state index < -0.39 is 10.0 Å². The van der Waals surface area contributed by atoms with E-state index in [1.54, 1.807) is 41.3 Å². The first kappa shape index (κ1) is 22.8. The Labute approximate surface area is 201 Å². The van der Waals surface area contributed by atoms with Crippen LogP contribution in [0.4, 0.5) is 0 Å². The number of hydrogen-bond donors (Lipinski definition) is 0. The Hall–Kier alpha value is -2.93. The lowest BCUT2D eigenvalue weighted by molar-refractivity contribution is 0.456. The van der Waals surface area contributed by atoms with Crippen LogP contribution in [0.3, 0.4) is 0 Å². The molecule has 3 unspecified atom stereocenters. The molecule has 178 valence electrons. The van der Waals surface area contributed by atoms with Gasteiger partial charge in [-0.2, -0.15) is 5.10 Å². The maximum absolute atomic E-state index is 13.6. The summed E-state index contributed by atoms with van der Waals surface area (Å²) in [5.41, 5.74) is 3.65. The second kappa shape index (κ2) is 8.08. The predicted octanol–water partition coefficient (Wildman–Crippen LogP) is 5.85. The normalized spacial score (nSPS) is 20.5. The van der Waals surface area contributed by atoms with Crippen molar-refractivity contribution in [2.45, 2.75) is 51.3 Å². The molecule has 1 fully saturated rings. The van der Waals surface area contributed by atoms with E-state index in [0.29, 0.717) is 28.8 Å². The van der Waals surface area contributed by atoms with Gasteiger partial charge in [-0.05, 0) is 53.4 Å². The van der Waals surface area contributed by atoms with Gasteiger partial charge < -0.3 is 0 Å². The molecule has 3 heterocycles. The topological polar surface area (TPSA) is 69.8 Å². The number of hydrogen-bond acceptors (Lipinski definition) is 4. The van der Waals surface area contributed by atoms with E-state index in [1.165, 1.54) is 9.54 Å². The first-order valence-electron chi connectivity index (χ1n) is 12.0. The Bertz CT molecular complexity index is 1450. The summed E-state index contributed by atoms with van der Waals surface area (Å²) in [5, 5.41) is 5.17. The van der Waals surface area contributed by atoms with Crippen LogP contribution < -0.4 is 0 Å². The molecule has 3 atom stereocenters. The highest BCUT2D eigenvalue weighted by Crippen LogP contribution is 2.64. The zero-order chi connectivity index (χ0) is 24.3. The lowest BCUT2D eigenvalue weighted by atomic mass is 9.86. The first-order chi connectivity index (χ1) is 16.2. The lowest BCUT2D eigenvalue weighted by Crippen LogP contribution is -2.12. The fourth-order valence-corrected chi connectivity index (χ4v) is 7.00. The molecule has 0 aliphatic heterocycles. The molecule has 0 amide bonds. The fourth-order valence-electron chi connectivity index (χ4n) is 5.65. The Kier molecular flexibility index (Phi) is 5.43. The molecule has 1 saturated carbocycles. The highest BCUT2D eigenvalue weighted by atomic mass is 32.2. The molecule has 5 rings (SSSR count). The summed E-state index contributed by atoms with van der Waals surface area (Å²) in [6.07, 6.45) is 9.47. The van der Waals surface area contributed by atoms with Gasteiger partial charge in [0.15, 0.2) is 5.65 Å². The number of fused-ring (bicyclic) bond motifs is 1. The molecule has 3 aromatic heterocycles. The predicted molar refractivity (Wildman–Crippen MR) is 135 cm³/mol. The van der Waals surface area contributed by atoms with E-state index in [-0.39, 0.29) is 4.90 Å². The number of pyridine rings is 1. The molecule has 34 heavy (non-hydrogen) atoms. The van der Waals surface area contributed by atoms with Gasteiger partial charge in [0.1, 0.15) is 0 Å². The van der Waals surface area contributed by atoms with Crippen molar-refractivity contribution >= 4 is 21.1 Å². The maximum Gasteiger partial charge on any atom is 0.269 e. The molecule has 0 N–H and O–H groups in total. The van der Waals surface area contributed by atoms with Crippen molar-refractivity contribution in [1.29, 1.82) is 0 Å². The Morgan fingerprint density at radius 3 is 2.41 bits per heavy atom. The third-order valence-electron chi connectivity index (χ3n) is 7.87. The van der Waals surface area contributed by atoms with Crippen LogP contribution in [0.25, 0.3) is 22.2 Å². The third-order valence-corrected chi connectivity index (χ3v) is 9.54. The molecule has 0 saturated heterocycles. The van der Waals surface area contributed by atoms with E-state index in [2.05, 4.69) is 38.9 Å². The van der Waals surface area contributed by atoms with Gasteiger partial charge in [0.2, 0.25) is 0 Å². The van der Waals surface area contributed by atoms with Gasteiger partial charge in [0.25, 0.3) is 10.0 Å². The average molecular weight is 477 g/mol. The number of aromatic nitrogens is 4. The number of aryl methyl sites for hydroxylation is 1. The minimum Gasteiger partial charge on any atom is -0.275 e. The second-order valence-electron chi connectivity index (χ2n) is 10.2.